The van der Waals surface area contributed by atoms with Crippen LogP contribution in [0.2, 0.25) is 0 Å². The summed E-state index contributed by atoms with van der Waals surface area (Å²) in [5.74, 6) is 0.418. The Kier molecular flexibility index (Phi) is 5.58. The Morgan fingerprint density at radius 1 is 1.17 bits per heavy atom. The van der Waals surface area contributed by atoms with Crippen LogP contribution in [-0.4, -0.2) is 17.6 Å². The smallest absolute Gasteiger partial charge is 0.240 e. The average molecular weight is 308 g/mol. The Bertz CT molecular complexity index is 788. The molecule has 0 radical (unpaired) electrons. The van der Waals surface area contributed by atoms with Gasteiger partial charge < -0.3 is 15.0 Å². The number of nitrogens with two attached hydrogens (primary N) is 1. The van der Waals surface area contributed by atoms with Crippen LogP contribution in [-0.2, 0) is 11.3 Å². The molecule has 1 aromatic heterocycles. The van der Waals surface area contributed by atoms with E-state index in [-0.39, 0.29) is 0 Å². The monoisotopic (exact) mass is 308 g/mol. The number of fused-ring (bicyclic) bond motifs is 1. The van der Waals surface area contributed by atoms with E-state index in [4.69, 9.17) is 4.74 Å². The quantitative estimate of drug-likeness (QED) is 0.751. The van der Waals surface area contributed by atoms with Crippen LogP contribution in [0.25, 0.3) is 10.9 Å². The lowest BCUT2D eigenvalue weighted by Crippen LogP contribution is -2.04. The van der Waals surface area contributed by atoms with E-state index < -0.39 is 5.91 Å². The predicted octanol–water partition coefficient (Wildman–Crippen LogP) is 3.36. The van der Waals surface area contributed by atoms with Gasteiger partial charge in [-0.25, -0.2) is 0 Å². The molecule has 4 nitrogen and oxygen atoms in total. The molecule has 0 aliphatic carbocycles. The van der Waals surface area contributed by atoms with Gasteiger partial charge in [0.1, 0.15) is 5.75 Å². The van der Waals surface area contributed by atoms with Crippen LogP contribution in [0.3, 0.4) is 0 Å². The van der Waals surface area contributed by atoms with E-state index in [0.717, 1.165) is 18.4 Å². The molecular weight excluding hydrogens is 288 g/mol. The van der Waals surface area contributed by atoms with Crippen molar-refractivity contribution >= 4 is 16.8 Å². The van der Waals surface area contributed by atoms with Gasteiger partial charge in [-0.2, -0.15) is 0 Å². The average Bonchev–Trinajstić information content (AvgIpc) is 2.99. The molecule has 4 heteroatoms. The van der Waals surface area contributed by atoms with Crippen LogP contribution in [0.15, 0.2) is 73.4 Å². The number of benzene rings is 2. The molecule has 0 saturated heterocycles. The van der Waals surface area contributed by atoms with Crippen molar-refractivity contribution in [3.05, 3.63) is 79.0 Å². The first kappa shape index (κ1) is 16.4. The minimum Gasteiger partial charge on any atom is -0.497 e. The lowest BCUT2D eigenvalue weighted by molar-refractivity contribution is -0.113. The molecule has 0 saturated carbocycles. The van der Waals surface area contributed by atoms with Crippen molar-refractivity contribution < 1.29 is 9.53 Å². The number of methoxy groups -OCH3 is 1. The Labute approximate surface area is 135 Å². The summed E-state index contributed by atoms with van der Waals surface area (Å²) in [5, 5.41) is 1.28. The number of primary amides is 1. The lowest BCUT2D eigenvalue weighted by Gasteiger charge is -2.06. The normalized spacial score (nSPS) is 9.78. The second-order valence-electron chi connectivity index (χ2n) is 4.96. The molecule has 0 aliphatic heterocycles. The molecule has 0 spiro atoms. The molecule has 1 heterocycles. The number of carbonyl (C=O) groups excluding carboxylic acids is 1. The summed E-state index contributed by atoms with van der Waals surface area (Å²) in [6.07, 6.45) is 3.19. The fraction of sp³-hybridized carbons (Fsp3) is 0.105. The van der Waals surface area contributed by atoms with Crippen LogP contribution < -0.4 is 10.5 Å². The van der Waals surface area contributed by atoms with Crippen molar-refractivity contribution in [1.82, 2.24) is 4.57 Å². The zero-order chi connectivity index (χ0) is 16.7. The molecule has 0 atom stereocenters. The van der Waals surface area contributed by atoms with Gasteiger partial charge in [0.15, 0.2) is 0 Å². The highest BCUT2D eigenvalue weighted by atomic mass is 16.5. The van der Waals surface area contributed by atoms with E-state index in [1.165, 1.54) is 16.5 Å². The molecule has 1 amide bonds. The number of hydrogen-bond acceptors (Lipinski definition) is 2. The van der Waals surface area contributed by atoms with E-state index in [1.807, 2.05) is 12.1 Å². The third-order valence-electron chi connectivity index (χ3n) is 3.39. The second kappa shape index (κ2) is 7.84. The number of hydrogen-bond donors (Lipinski definition) is 1. The SMILES string of the molecule is C=CC(N)=O.COc1ccc(Cn2ccc3ccccc32)cc1. The van der Waals surface area contributed by atoms with Crippen LogP contribution in [0.1, 0.15) is 5.56 Å². The van der Waals surface area contributed by atoms with Crippen molar-refractivity contribution in [2.75, 3.05) is 7.11 Å². The number of amides is 1. The fourth-order valence-electron chi connectivity index (χ4n) is 2.21. The largest absolute Gasteiger partial charge is 0.497 e. The van der Waals surface area contributed by atoms with Crippen molar-refractivity contribution in [1.29, 1.82) is 0 Å². The van der Waals surface area contributed by atoms with Gasteiger partial charge in [-0.15, -0.1) is 0 Å². The molecule has 0 fully saturated rings. The molecule has 0 bridgehead atoms. The number of nitrogens with zero attached hydrogens (tertiary/aromatic N) is 1. The maximum Gasteiger partial charge on any atom is 0.240 e. The minimum absolute atomic E-state index is 0.481. The van der Waals surface area contributed by atoms with Gasteiger partial charge in [-0.1, -0.05) is 36.9 Å². The van der Waals surface area contributed by atoms with Crippen molar-refractivity contribution in [3.63, 3.8) is 0 Å². The van der Waals surface area contributed by atoms with E-state index >= 15 is 0 Å². The van der Waals surface area contributed by atoms with E-state index in [0.29, 0.717) is 0 Å². The van der Waals surface area contributed by atoms with Gasteiger partial charge in [0.2, 0.25) is 5.91 Å². The van der Waals surface area contributed by atoms with Crippen LogP contribution in [0, 0.1) is 0 Å². The van der Waals surface area contributed by atoms with Crippen LogP contribution >= 0.6 is 0 Å². The lowest BCUT2D eigenvalue weighted by atomic mass is 10.2. The second-order valence-corrected chi connectivity index (χ2v) is 4.96. The van der Waals surface area contributed by atoms with E-state index in [2.05, 4.69) is 65.5 Å². The van der Waals surface area contributed by atoms with Gasteiger partial charge in [-0.3, -0.25) is 4.79 Å². The molecule has 23 heavy (non-hydrogen) atoms. The molecule has 2 N–H and O–H groups in total. The maximum atomic E-state index is 9.47. The van der Waals surface area contributed by atoms with Gasteiger partial charge in [0.25, 0.3) is 0 Å². The zero-order valence-corrected chi connectivity index (χ0v) is 13.1. The molecule has 2 aromatic carbocycles. The Morgan fingerprint density at radius 3 is 2.43 bits per heavy atom. The first-order chi connectivity index (χ1) is 11.1. The highest BCUT2D eigenvalue weighted by Gasteiger charge is 2.01. The van der Waals surface area contributed by atoms with Crippen molar-refractivity contribution in [2.24, 2.45) is 5.73 Å². The molecular formula is C19H20N2O2. The Hall–Kier alpha value is -3.01. The standard InChI is InChI=1S/C16H15NO.C3H5NO/c1-18-15-8-6-13(7-9-15)12-17-11-10-14-4-2-3-5-16(14)17;1-2-3(4)5/h2-11H,12H2,1H3;2H,1H2,(H2,4,5). The summed E-state index contributed by atoms with van der Waals surface area (Å²) >= 11 is 0. The minimum atomic E-state index is -0.481. The fourth-order valence-corrected chi connectivity index (χ4v) is 2.21. The molecule has 118 valence electrons. The van der Waals surface area contributed by atoms with Gasteiger partial charge >= 0.3 is 0 Å². The van der Waals surface area contributed by atoms with Gasteiger partial charge in [0.05, 0.1) is 7.11 Å². The highest BCUT2D eigenvalue weighted by Crippen LogP contribution is 2.18. The summed E-state index contributed by atoms with van der Waals surface area (Å²) in [4.78, 5) is 9.47. The predicted molar refractivity (Wildman–Crippen MR) is 93.4 cm³/mol. The summed E-state index contributed by atoms with van der Waals surface area (Å²) in [6.45, 7) is 3.97. The maximum absolute atomic E-state index is 9.47. The van der Waals surface area contributed by atoms with Crippen LogP contribution in [0.4, 0.5) is 0 Å². The molecule has 0 unspecified atom stereocenters. The molecule has 3 rings (SSSR count). The van der Waals surface area contributed by atoms with Crippen LogP contribution in [0.5, 0.6) is 5.75 Å². The topological polar surface area (TPSA) is 57.3 Å². The number of ether oxygens (including phenoxy) is 1. The molecule has 3 aromatic rings. The number of para-hydroxylation sites is 1. The third kappa shape index (κ3) is 4.48. The zero-order valence-electron chi connectivity index (χ0n) is 13.1. The first-order valence-corrected chi connectivity index (χ1v) is 7.22. The third-order valence-corrected chi connectivity index (χ3v) is 3.39. The van der Waals surface area contributed by atoms with Crippen molar-refractivity contribution in [3.8, 4) is 5.75 Å². The number of carbonyl (C=O) groups is 1. The van der Waals surface area contributed by atoms with Crippen molar-refractivity contribution in [2.45, 2.75) is 6.54 Å². The Balaban J connectivity index is 0.000000338. The van der Waals surface area contributed by atoms with E-state index in [1.54, 1.807) is 7.11 Å². The number of rotatable bonds is 4. The van der Waals surface area contributed by atoms with Gasteiger partial charge in [-0.05, 0) is 41.3 Å². The summed E-state index contributed by atoms with van der Waals surface area (Å²) in [7, 11) is 1.69. The molecule has 0 aliphatic rings. The highest BCUT2D eigenvalue weighted by molar-refractivity contribution is 5.85. The first-order valence-electron chi connectivity index (χ1n) is 7.22. The summed E-state index contributed by atoms with van der Waals surface area (Å²) < 4.78 is 7.43. The summed E-state index contributed by atoms with van der Waals surface area (Å²) in [5.41, 5.74) is 7.08. The van der Waals surface area contributed by atoms with E-state index in [9.17, 15) is 4.79 Å². The number of aromatic nitrogens is 1. The van der Waals surface area contributed by atoms with Gasteiger partial charge in [0, 0.05) is 18.3 Å². The Morgan fingerprint density at radius 2 is 1.83 bits per heavy atom. The summed E-state index contributed by atoms with van der Waals surface area (Å²) in [6, 6.07) is 18.8.